The van der Waals surface area contributed by atoms with E-state index in [0.717, 1.165) is 4.90 Å². The molecule has 0 aliphatic carbocycles. The molecule has 3 aromatic rings. The predicted octanol–water partition coefficient (Wildman–Crippen LogP) is 3.51. The second kappa shape index (κ2) is 6.32. The van der Waals surface area contributed by atoms with Crippen molar-refractivity contribution in [3.05, 3.63) is 77.5 Å². The topological polar surface area (TPSA) is 93.4 Å². The molecular formula is C21H13N3O3. The number of phenols is 1. The average molecular weight is 355 g/mol. The fourth-order valence-electron chi connectivity index (χ4n) is 3.07. The van der Waals surface area contributed by atoms with E-state index in [0.29, 0.717) is 27.6 Å². The number of aromatic hydroxyl groups is 1. The molecule has 6 nitrogen and oxygen atoms in total. The lowest BCUT2D eigenvalue weighted by Gasteiger charge is -2.15. The smallest absolute Gasteiger partial charge is 0.333 e. The van der Waals surface area contributed by atoms with E-state index in [-0.39, 0.29) is 11.4 Å². The minimum absolute atomic E-state index is 0.115. The van der Waals surface area contributed by atoms with Gasteiger partial charge in [-0.05, 0) is 35.9 Å². The van der Waals surface area contributed by atoms with Crippen LogP contribution in [-0.2, 0) is 4.79 Å². The van der Waals surface area contributed by atoms with Crippen LogP contribution in [0.25, 0.3) is 16.8 Å². The fraction of sp³-hybridized carbons (Fsp3) is 0. The third-order valence-electron chi connectivity index (χ3n) is 4.34. The highest BCUT2D eigenvalue weighted by molar-refractivity contribution is 6.30. The van der Waals surface area contributed by atoms with Gasteiger partial charge in [-0.25, -0.2) is 9.69 Å². The van der Waals surface area contributed by atoms with E-state index in [1.807, 2.05) is 0 Å². The number of amides is 3. The molecule has 0 radical (unpaired) electrons. The Hall–Kier alpha value is -4.11. The Morgan fingerprint density at radius 1 is 0.963 bits per heavy atom. The number of anilines is 1. The highest BCUT2D eigenvalue weighted by atomic mass is 16.3. The molecular weight excluding hydrogens is 342 g/mol. The Morgan fingerprint density at radius 3 is 2.37 bits per heavy atom. The number of nitrogens with zero attached hydrogens (tertiary/aromatic N) is 2. The molecule has 1 heterocycles. The van der Waals surface area contributed by atoms with Gasteiger partial charge in [0, 0.05) is 10.8 Å². The van der Waals surface area contributed by atoms with Crippen molar-refractivity contribution in [3.63, 3.8) is 0 Å². The number of imide groups is 1. The number of hydrogen-bond donors (Lipinski definition) is 2. The van der Waals surface area contributed by atoms with Gasteiger partial charge >= 0.3 is 6.03 Å². The van der Waals surface area contributed by atoms with E-state index in [9.17, 15) is 20.0 Å². The zero-order chi connectivity index (χ0) is 19.0. The monoisotopic (exact) mass is 355 g/mol. The second-order valence-electron chi connectivity index (χ2n) is 6.01. The number of carbonyl (C=O) groups is 2. The number of nitriles is 1. The van der Waals surface area contributed by atoms with Crippen LogP contribution in [0, 0.1) is 11.3 Å². The Bertz CT molecular complexity index is 1160. The quantitative estimate of drug-likeness (QED) is 0.543. The third kappa shape index (κ3) is 2.77. The molecule has 1 aliphatic heterocycles. The number of rotatable bonds is 2. The summed E-state index contributed by atoms with van der Waals surface area (Å²) >= 11 is 0. The Balaban J connectivity index is 1.79. The minimum Gasteiger partial charge on any atom is -0.508 e. The molecule has 130 valence electrons. The first-order chi connectivity index (χ1) is 13.1. The van der Waals surface area contributed by atoms with Crippen LogP contribution in [0.4, 0.5) is 10.5 Å². The van der Waals surface area contributed by atoms with Crippen LogP contribution in [0.5, 0.6) is 5.75 Å². The van der Waals surface area contributed by atoms with Crippen molar-refractivity contribution in [2.45, 2.75) is 0 Å². The molecule has 1 saturated heterocycles. The van der Waals surface area contributed by atoms with Crippen LogP contribution in [0.1, 0.15) is 11.1 Å². The van der Waals surface area contributed by atoms with Crippen LogP contribution in [-0.4, -0.2) is 17.0 Å². The van der Waals surface area contributed by atoms with Gasteiger partial charge in [-0.1, -0.05) is 36.4 Å². The van der Waals surface area contributed by atoms with Crippen molar-refractivity contribution in [3.8, 4) is 11.8 Å². The normalized spacial score (nSPS) is 15.2. The lowest BCUT2D eigenvalue weighted by molar-refractivity contribution is -0.113. The minimum atomic E-state index is -0.556. The predicted molar refractivity (Wildman–Crippen MR) is 101 cm³/mol. The zero-order valence-corrected chi connectivity index (χ0v) is 14.0. The van der Waals surface area contributed by atoms with Crippen molar-refractivity contribution in [2.24, 2.45) is 0 Å². The zero-order valence-electron chi connectivity index (χ0n) is 14.0. The molecule has 4 rings (SSSR count). The average Bonchev–Trinajstić information content (AvgIpc) is 2.96. The number of hydrogen-bond acceptors (Lipinski definition) is 4. The molecule has 0 aromatic heterocycles. The lowest BCUT2D eigenvalue weighted by Crippen LogP contribution is -2.30. The van der Waals surface area contributed by atoms with Gasteiger partial charge in [-0.3, -0.25) is 4.79 Å². The number of carbonyl (C=O) groups excluding carboxylic acids is 2. The van der Waals surface area contributed by atoms with Gasteiger partial charge in [-0.2, -0.15) is 5.26 Å². The van der Waals surface area contributed by atoms with E-state index in [1.54, 1.807) is 54.6 Å². The maximum absolute atomic E-state index is 12.8. The summed E-state index contributed by atoms with van der Waals surface area (Å²) in [5.74, 6) is -0.368. The molecule has 0 atom stereocenters. The summed E-state index contributed by atoms with van der Waals surface area (Å²) < 4.78 is 0. The van der Waals surface area contributed by atoms with Gasteiger partial charge in [0.05, 0.1) is 17.3 Å². The Labute approximate surface area is 154 Å². The van der Waals surface area contributed by atoms with Gasteiger partial charge < -0.3 is 10.4 Å². The fourth-order valence-corrected chi connectivity index (χ4v) is 3.07. The van der Waals surface area contributed by atoms with Gasteiger partial charge in [-0.15, -0.1) is 0 Å². The standard InChI is InChI=1S/C21H13N3O3/c22-12-14-7-10-19(17-4-2-1-3-16(14)17)24-20(26)18(23-21(24)27)11-13-5-8-15(25)9-6-13/h1-11,25H,(H,23,27)/b18-11+. The summed E-state index contributed by atoms with van der Waals surface area (Å²) in [5.41, 5.74) is 1.70. The second-order valence-corrected chi connectivity index (χ2v) is 6.01. The van der Waals surface area contributed by atoms with Crippen LogP contribution < -0.4 is 10.2 Å². The van der Waals surface area contributed by atoms with Crippen molar-refractivity contribution >= 4 is 34.5 Å². The van der Waals surface area contributed by atoms with Crippen LogP contribution >= 0.6 is 0 Å². The van der Waals surface area contributed by atoms with Gasteiger partial charge in [0.25, 0.3) is 5.91 Å². The number of urea groups is 1. The largest absolute Gasteiger partial charge is 0.508 e. The maximum Gasteiger partial charge on any atom is 0.333 e. The molecule has 2 N–H and O–H groups in total. The number of nitrogens with one attached hydrogen (secondary N) is 1. The van der Waals surface area contributed by atoms with Crippen LogP contribution in [0.3, 0.4) is 0 Å². The molecule has 1 fully saturated rings. The molecule has 0 bridgehead atoms. The molecule has 3 amide bonds. The summed E-state index contributed by atoms with van der Waals surface area (Å²) in [4.78, 5) is 26.4. The molecule has 6 heteroatoms. The first-order valence-corrected chi connectivity index (χ1v) is 8.16. The maximum atomic E-state index is 12.8. The highest BCUT2D eigenvalue weighted by Gasteiger charge is 2.35. The van der Waals surface area contributed by atoms with Gasteiger partial charge in [0.1, 0.15) is 11.4 Å². The molecule has 0 unspecified atom stereocenters. The summed E-state index contributed by atoms with van der Waals surface area (Å²) in [7, 11) is 0. The van der Waals surface area contributed by atoms with E-state index in [2.05, 4.69) is 11.4 Å². The van der Waals surface area contributed by atoms with Gasteiger partial charge in [0.2, 0.25) is 0 Å². The summed E-state index contributed by atoms with van der Waals surface area (Å²) in [6, 6.07) is 18.2. The van der Waals surface area contributed by atoms with E-state index in [1.165, 1.54) is 12.1 Å². The summed E-state index contributed by atoms with van der Waals surface area (Å²) in [6.45, 7) is 0. The van der Waals surface area contributed by atoms with Crippen molar-refractivity contribution in [2.75, 3.05) is 4.90 Å². The molecule has 3 aromatic carbocycles. The first kappa shape index (κ1) is 16.4. The van der Waals surface area contributed by atoms with Crippen LogP contribution in [0.15, 0.2) is 66.4 Å². The SMILES string of the molecule is N#Cc1ccc(N2C(=O)N/C(=C/c3ccc(O)cc3)C2=O)c2ccccc12. The lowest BCUT2D eigenvalue weighted by atomic mass is 10.0. The molecule has 0 spiro atoms. The Morgan fingerprint density at radius 2 is 1.67 bits per heavy atom. The summed E-state index contributed by atoms with van der Waals surface area (Å²) in [5, 5.41) is 22.5. The van der Waals surface area contributed by atoms with Crippen molar-refractivity contribution < 1.29 is 14.7 Å². The van der Waals surface area contributed by atoms with Crippen LogP contribution in [0.2, 0.25) is 0 Å². The van der Waals surface area contributed by atoms with E-state index >= 15 is 0 Å². The summed E-state index contributed by atoms with van der Waals surface area (Å²) in [6.07, 6.45) is 1.55. The third-order valence-corrected chi connectivity index (χ3v) is 4.34. The van der Waals surface area contributed by atoms with Crippen molar-refractivity contribution in [1.29, 1.82) is 5.26 Å². The Kier molecular flexibility index (Phi) is 3.83. The van der Waals surface area contributed by atoms with E-state index in [4.69, 9.17) is 0 Å². The van der Waals surface area contributed by atoms with E-state index < -0.39 is 11.9 Å². The highest BCUT2D eigenvalue weighted by Crippen LogP contribution is 2.32. The van der Waals surface area contributed by atoms with Crippen molar-refractivity contribution in [1.82, 2.24) is 5.32 Å². The van der Waals surface area contributed by atoms with Gasteiger partial charge in [0.15, 0.2) is 0 Å². The number of phenolic OH excluding ortho intramolecular Hbond substituents is 1. The molecule has 0 saturated carbocycles. The number of benzene rings is 3. The number of fused-ring (bicyclic) bond motifs is 1. The first-order valence-electron chi connectivity index (χ1n) is 8.16. The molecule has 27 heavy (non-hydrogen) atoms. The molecule has 1 aliphatic rings.